The van der Waals surface area contributed by atoms with Gasteiger partial charge in [0, 0.05) is 11.7 Å². The molecule has 0 saturated carbocycles. The predicted molar refractivity (Wildman–Crippen MR) is 126 cm³/mol. The number of rotatable bonds is 8. The number of halogens is 7. The van der Waals surface area contributed by atoms with E-state index in [-0.39, 0.29) is 23.0 Å². The summed E-state index contributed by atoms with van der Waals surface area (Å²) in [6, 6.07) is 16.6. The van der Waals surface area contributed by atoms with Crippen molar-refractivity contribution in [2.24, 2.45) is 0 Å². The number of nitrogens with one attached hydrogen (secondary N) is 1. The summed E-state index contributed by atoms with van der Waals surface area (Å²) < 4.78 is 95.7. The molecule has 0 bridgehead atoms. The highest BCUT2D eigenvalue weighted by molar-refractivity contribution is 6.08. The van der Waals surface area contributed by atoms with Crippen molar-refractivity contribution in [3.05, 3.63) is 107 Å². The van der Waals surface area contributed by atoms with Gasteiger partial charge < -0.3 is 10.1 Å². The smallest absolute Gasteiger partial charge is 0.428 e. The molecule has 4 nitrogen and oxygen atoms in total. The first-order chi connectivity index (χ1) is 17.9. The standard InChI is InChI=1S/C27H21F7N2O2/c1-16(17-6-3-2-4-7-17)35-22-15-23(18-8-5-9-21(14-18)38-27(33,34)25(28)29)36(24(22)37)20-12-10-19(11-13-20)26(30,31)32/h2-16,23,25,35H,1H3/t16-,23-/m1/s1. The van der Waals surface area contributed by atoms with Crippen molar-refractivity contribution in [2.45, 2.75) is 37.7 Å². The number of amides is 1. The topological polar surface area (TPSA) is 41.6 Å². The molecule has 0 spiro atoms. The molecule has 4 rings (SSSR count). The van der Waals surface area contributed by atoms with E-state index in [0.29, 0.717) is 0 Å². The normalized spacial score (nSPS) is 17.0. The van der Waals surface area contributed by atoms with Crippen LogP contribution in [0.1, 0.15) is 35.7 Å². The second-order valence-corrected chi connectivity index (χ2v) is 8.56. The Labute approximate surface area is 213 Å². The molecule has 0 aliphatic carbocycles. The van der Waals surface area contributed by atoms with Crippen molar-refractivity contribution in [3.63, 3.8) is 0 Å². The molecule has 11 heteroatoms. The average Bonchev–Trinajstić information content (AvgIpc) is 3.19. The van der Waals surface area contributed by atoms with Crippen LogP contribution in [-0.4, -0.2) is 18.4 Å². The van der Waals surface area contributed by atoms with Crippen LogP contribution in [0.2, 0.25) is 0 Å². The molecule has 38 heavy (non-hydrogen) atoms. The Bertz CT molecular complexity index is 1310. The fraction of sp³-hybridized carbons (Fsp3) is 0.222. The molecule has 0 unspecified atom stereocenters. The molecular weight excluding hydrogens is 517 g/mol. The van der Waals surface area contributed by atoms with Gasteiger partial charge in [-0.1, -0.05) is 42.5 Å². The van der Waals surface area contributed by atoms with Crippen LogP contribution in [0.5, 0.6) is 5.75 Å². The summed E-state index contributed by atoms with van der Waals surface area (Å²) in [7, 11) is 0. The highest BCUT2D eigenvalue weighted by Gasteiger charge is 2.44. The van der Waals surface area contributed by atoms with Crippen molar-refractivity contribution < 1.29 is 40.3 Å². The highest BCUT2D eigenvalue weighted by Crippen LogP contribution is 2.39. The number of carbonyl (C=O) groups is 1. The zero-order valence-corrected chi connectivity index (χ0v) is 19.7. The molecule has 1 aliphatic rings. The van der Waals surface area contributed by atoms with Crippen LogP contribution < -0.4 is 15.0 Å². The number of benzene rings is 3. The Kier molecular flexibility index (Phi) is 7.39. The first-order valence-corrected chi connectivity index (χ1v) is 11.4. The number of hydrogen-bond acceptors (Lipinski definition) is 3. The zero-order chi connectivity index (χ0) is 27.7. The van der Waals surface area contributed by atoms with Gasteiger partial charge in [-0.05, 0) is 60.5 Å². The fourth-order valence-electron chi connectivity index (χ4n) is 4.03. The second-order valence-electron chi connectivity index (χ2n) is 8.56. The number of anilines is 1. The first-order valence-electron chi connectivity index (χ1n) is 11.4. The number of hydrogen-bond donors (Lipinski definition) is 1. The molecular formula is C27H21F7N2O2. The van der Waals surface area contributed by atoms with Gasteiger partial charge in [0.1, 0.15) is 5.75 Å². The van der Waals surface area contributed by atoms with Gasteiger partial charge >= 0.3 is 18.7 Å². The van der Waals surface area contributed by atoms with Crippen LogP contribution in [0.3, 0.4) is 0 Å². The lowest BCUT2D eigenvalue weighted by Gasteiger charge is -2.26. The van der Waals surface area contributed by atoms with Crippen molar-refractivity contribution in [1.82, 2.24) is 5.32 Å². The summed E-state index contributed by atoms with van der Waals surface area (Å²) in [5.74, 6) is -1.15. The van der Waals surface area contributed by atoms with Gasteiger partial charge in [0.25, 0.3) is 5.91 Å². The maximum absolute atomic E-state index is 13.5. The molecule has 1 heterocycles. The lowest BCUT2D eigenvalue weighted by molar-refractivity contribution is -0.253. The van der Waals surface area contributed by atoms with E-state index in [2.05, 4.69) is 10.1 Å². The molecule has 0 radical (unpaired) electrons. The van der Waals surface area contributed by atoms with E-state index in [4.69, 9.17) is 0 Å². The van der Waals surface area contributed by atoms with Gasteiger partial charge in [0.15, 0.2) is 0 Å². The van der Waals surface area contributed by atoms with Crippen molar-refractivity contribution in [3.8, 4) is 5.75 Å². The zero-order valence-electron chi connectivity index (χ0n) is 19.7. The number of alkyl halides is 7. The fourth-order valence-corrected chi connectivity index (χ4v) is 4.03. The van der Waals surface area contributed by atoms with Crippen LogP contribution in [0.25, 0.3) is 0 Å². The van der Waals surface area contributed by atoms with E-state index < -0.39 is 42.0 Å². The largest absolute Gasteiger partial charge is 0.461 e. The first kappa shape index (κ1) is 27.0. The average molecular weight is 538 g/mol. The molecule has 200 valence electrons. The molecule has 1 aliphatic heterocycles. The summed E-state index contributed by atoms with van der Waals surface area (Å²) in [6.07, 6.45) is -11.9. The molecule has 2 atom stereocenters. The predicted octanol–water partition coefficient (Wildman–Crippen LogP) is 7.26. The third-order valence-electron chi connectivity index (χ3n) is 5.90. The van der Waals surface area contributed by atoms with Crippen LogP contribution >= 0.6 is 0 Å². The van der Waals surface area contributed by atoms with Gasteiger partial charge in [-0.3, -0.25) is 9.69 Å². The third kappa shape index (κ3) is 5.76. The number of ether oxygens (including phenoxy) is 1. The quantitative estimate of drug-likeness (QED) is 0.307. The van der Waals surface area contributed by atoms with E-state index in [9.17, 15) is 35.5 Å². The second kappa shape index (κ2) is 10.4. The Balaban J connectivity index is 1.71. The maximum atomic E-state index is 13.5. The van der Waals surface area contributed by atoms with Crippen LogP contribution in [-0.2, 0) is 11.0 Å². The van der Waals surface area contributed by atoms with Gasteiger partial charge in [-0.25, -0.2) is 0 Å². The monoisotopic (exact) mass is 538 g/mol. The van der Waals surface area contributed by atoms with Crippen molar-refractivity contribution >= 4 is 11.6 Å². The third-order valence-corrected chi connectivity index (χ3v) is 5.90. The molecule has 0 saturated heterocycles. The van der Waals surface area contributed by atoms with E-state index >= 15 is 0 Å². The van der Waals surface area contributed by atoms with E-state index in [1.807, 2.05) is 30.3 Å². The molecule has 3 aromatic rings. The minimum absolute atomic E-state index is 0.109. The van der Waals surface area contributed by atoms with Crippen LogP contribution in [0, 0.1) is 0 Å². The summed E-state index contributed by atoms with van der Waals surface area (Å²) in [4.78, 5) is 14.6. The highest BCUT2D eigenvalue weighted by atomic mass is 19.4. The van der Waals surface area contributed by atoms with E-state index in [1.165, 1.54) is 23.1 Å². The Morgan fingerprint density at radius 2 is 1.55 bits per heavy atom. The molecule has 0 aromatic heterocycles. The SMILES string of the molecule is C[C@@H](NC1=C[C@H](c2cccc(OC(F)(F)C(F)F)c2)N(c2ccc(C(F)(F)F)cc2)C1=O)c1ccccc1. The lowest BCUT2D eigenvalue weighted by Crippen LogP contribution is -2.34. The number of carbonyl (C=O) groups excluding carboxylic acids is 1. The van der Waals surface area contributed by atoms with E-state index in [1.54, 1.807) is 6.92 Å². The Morgan fingerprint density at radius 3 is 2.16 bits per heavy atom. The minimum atomic E-state index is -4.75. The van der Waals surface area contributed by atoms with Gasteiger partial charge in [-0.2, -0.15) is 30.7 Å². The molecule has 1 N–H and O–H groups in total. The van der Waals surface area contributed by atoms with Crippen LogP contribution in [0.15, 0.2) is 90.6 Å². The molecule has 0 fully saturated rings. The summed E-state index contributed by atoms with van der Waals surface area (Å²) in [6.45, 7) is 1.81. The Hall–Kier alpha value is -4.02. The molecule has 1 amide bonds. The minimum Gasteiger partial charge on any atom is -0.428 e. The van der Waals surface area contributed by atoms with Crippen molar-refractivity contribution in [1.29, 1.82) is 0 Å². The van der Waals surface area contributed by atoms with Gasteiger partial charge in [-0.15, -0.1) is 0 Å². The molecule has 3 aromatic carbocycles. The number of nitrogens with zero attached hydrogens (tertiary/aromatic N) is 1. The van der Waals surface area contributed by atoms with E-state index in [0.717, 1.165) is 42.0 Å². The maximum Gasteiger partial charge on any atom is 0.461 e. The van der Waals surface area contributed by atoms with Crippen molar-refractivity contribution in [2.75, 3.05) is 4.90 Å². The summed E-state index contributed by atoms with van der Waals surface area (Å²) in [5.41, 5.74) is 0.381. The van der Waals surface area contributed by atoms with Gasteiger partial charge in [0.2, 0.25) is 0 Å². The Morgan fingerprint density at radius 1 is 0.895 bits per heavy atom. The van der Waals surface area contributed by atoms with Gasteiger partial charge in [0.05, 0.1) is 17.3 Å². The van der Waals surface area contributed by atoms with Crippen LogP contribution in [0.4, 0.5) is 36.4 Å². The lowest BCUT2D eigenvalue weighted by atomic mass is 10.0. The summed E-state index contributed by atoms with van der Waals surface area (Å²) in [5, 5.41) is 3.09. The summed E-state index contributed by atoms with van der Waals surface area (Å²) >= 11 is 0.